The van der Waals surface area contributed by atoms with Gasteiger partial charge in [0.1, 0.15) is 18.4 Å². The molecule has 4 heteroatoms. The van der Waals surface area contributed by atoms with Crippen molar-refractivity contribution in [1.82, 2.24) is 5.32 Å². The molecule has 1 rings (SSSR count). The van der Waals surface area contributed by atoms with Crippen LogP contribution >= 0.6 is 0 Å². The summed E-state index contributed by atoms with van der Waals surface area (Å²) < 4.78 is 79.4. The van der Waals surface area contributed by atoms with E-state index < -0.39 is 38.1 Å². The van der Waals surface area contributed by atoms with Gasteiger partial charge >= 0.3 is 0 Å². The summed E-state index contributed by atoms with van der Waals surface area (Å²) in [4.78, 5) is 0. The topological polar surface area (TPSA) is 50.7 Å². The van der Waals surface area contributed by atoms with Crippen molar-refractivity contribution in [2.45, 2.75) is 32.3 Å². The molecule has 0 aromatic heterocycles. The summed E-state index contributed by atoms with van der Waals surface area (Å²) in [6, 6.07) is 3.21. The van der Waals surface area contributed by atoms with Crippen LogP contribution in [0.3, 0.4) is 0 Å². The first-order chi connectivity index (χ1) is 12.4. The van der Waals surface area contributed by atoms with Gasteiger partial charge in [0.2, 0.25) is 0 Å². The number of aliphatic hydroxyl groups excluding tert-OH is 1. The third-order valence-corrected chi connectivity index (χ3v) is 1.90. The maximum atomic E-state index is 10.1. The highest BCUT2D eigenvalue weighted by Gasteiger charge is 2.05. The average Bonchev–Trinajstić information content (AvgIpc) is 2.51. The van der Waals surface area contributed by atoms with Crippen LogP contribution < -0.4 is 10.1 Å². The van der Waals surface area contributed by atoms with E-state index in [-0.39, 0.29) is 11.3 Å². The van der Waals surface area contributed by atoms with E-state index >= 15 is 0 Å². The van der Waals surface area contributed by atoms with Gasteiger partial charge in [-0.1, -0.05) is 26.0 Å². The number of aryl methyl sites for hydroxylation is 1. The summed E-state index contributed by atoms with van der Waals surface area (Å²) in [6.07, 6.45) is -4.79. The molecular weight excluding hydrogens is 242 g/mol. The molecular formula is C15H25NO3. The van der Waals surface area contributed by atoms with Crippen molar-refractivity contribution in [3.05, 3.63) is 29.8 Å². The molecule has 1 aromatic carbocycles. The molecule has 1 aromatic rings. The summed E-state index contributed by atoms with van der Waals surface area (Å²) in [5.74, 6) is -0.137. The molecule has 0 spiro atoms. The highest BCUT2D eigenvalue weighted by atomic mass is 16.5. The van der Waals surface area contributed by atoms with Crippen LogP contribution in [0.1, 0.15) is 31.7 Å². The molecule has 0 heterocycles. The monoisotopic (exact) mass is 276 g/mol. The second-order valence-electron chi connectivity index (χ2n) is 3.85. The first kappa shape index (κ1) is 7.07. The number of benzene rings is 1. The highest BCUT2D eigenvalue weighted by molar-refractivity contribution is 5.27. The minimum Gasteiger partial charge on any atom is -0.491 e. The number of nitrogens with one attached hydrogen (secondary N) is 1. The van der Waals surface area contributed by atoms with Crippen LogP contribution in [0.4, 0.5) is 0 Å². The third-order valence-electron chi connectivity index (χ3n) is 1.90. The zero-order chi connectivity index (χ0) is 22.2. The van der Waals surface area contributed by atoms with Crippen molar-refractivity contribution in [2.75, 3.05) is 26.7 Å². The van der Waals surface area contributed by atoms with E-state index in [0.29, 0.717) is 0 Å². The number of aliphatic hydroxyl groups is 1. The summed E-state index contributed by atoms with van der Waals surface area (Å²) in [7, 11) is 1.03. The van der Waals surface area contributed by atoms with Gasteiger partial charge < -0.3 is 19.9 Å². The number of hydrogen-bond acceptors (Lipinski definition) is 4. The predicted molar refractivity (Wildman–Crippen MR) is 76.7 cm³/mol. The van der Waals surface area contributed by atoms with Gasteiger partial charge in [-0.15, -0.1) is 0 Å². The summed E-state index contributed by atoms with van der Waals surface area (Å²) in [6.45, 7) is -5.51. The van der Waals surface area contributed by atoms with Gasteiger partial charge in [-0.25, -0.2) is 0 Å². The van der Waals surface area contributed by atoms with E-state index in [4.69, 9.17) is 17.1 Å². The van der Waals surface area contributed by atoms with E-state index in [1.807, 2.05) is 0 Å². The molecule has 0 radical (unpaired) electrons. The van der Waals surface area contributed by atoms with Crippen molar-refractivity contribution in [2.24, 2.45) is 0 Å². The normalized spacial score (nSPS) is 23.3. The lowest BCUT2D eigenvalue weighted by Gasteiger charge is -2.15. The Balaban J connectivity index is 3.02. The molecule has 4 nitrogen and oxygen atoms in total. The zero-order valence-corrected chi connectivity index (χ0v) is 11.2. The number of methoxy groups -OCH3 is 1. The number of ether oxygens (including phenoxy) is 2. The number of rotatable bonds is 9. The Hall–Kier alpha value is -1.10. The first-order valence-corrected chi connectivity index (χ1v) is 5.68. The molecule has 0 aliphatic rings. The van der Waals surface area contributed by atoms with E-state index in [0.717, 1.165) is 7.11 Å². The van der Waals surface area contributed by atoms with Crippen molar-refractivity contribution >= 4 is 0 Å². The van der Waals surface area contributed by atoms with E-state index in [1.165, 1.54) is 38.1 Å². The van der Waals surface area contributed by atoms with Gasteiger partial charge in [0.05, 0.1) is 12.0 Å². The zero-order valence-electron chi connectivity index (χ0n) is 20.2. The number of hydrogen-bond donors (Lipinski definition) is 2. The summed E-state index contributed by atoms with van der Waals surface area (Å²) in [5, 5.41) is 12.3. The highest BCUT2D eigenvalue weighted by Crippen LogP contribution is 2.12. The molecule has 0 saturated heterocycles. The third kappa shape index (κ3) is 7.15. The lowest BCUT2D eigenvalue weighted by Crippen LogP contribution is -2.35. The van der Waals surface area contributed by atoms with Crippen LogP contribution in [-0.4, -0.2) is 44.0 Å². The minimum atomic E-state index is -2.89. The Bertz CT molecular complexity index is 660. The lowest BCUT2D eigenvalue weighted by molar-refractivity contribution is 0.104. The van der Waals surface area contributed by atoms with Crippen LogP contribution in [0.15, 0.2) is 24.3 Å². The van der Waals surface area contributed by atoms with Crippen molar-refractivity contribution in [3.63, 3.8) is 0 Å². The Morgan fingerprint density at radius 1 is 1.37 bits per heavy atom. The average molecular weight is 276 g/mol. The van der Waals surface area contributed by atoms with Crippen LogP contribution in [0.2, 0.25) is 0 Å². The van der Waals surface area contributed by atoms with Gasteiger partial charge in [-0.2, -0.15) is 0 Å². The summed E-state index contributed by atoms with van der Waals surface area (Å²) >= 11 is 0. The molecule has 1 atom stereocenters. The van der Waals surface area contributed by atoms with Gasteiger partial charge in [0.25, 0.3) is 0 Å². The molecule has 0 aliphatic heterocycles. The molecule has 0 saturated carbocycles. The smallest absolute Gasteiger partial charge is 0.119 e. The first-order valence-electron chi connectivity index (χ1n) is 10.2. The van der Waals surface area contributed by atoms with Gasteiger partial charge in [-0.05, 0) is 24.1 Å². The molecule has 0 aliphatic carbocycles. The van der Waals surface area contributed by atoms with E-state index in [9.17, 15) is 5.11 Å². The predicted octanol–water partition coefficient (Wildman–Crippen LogP) is 1.61. The van der Waals surface area contributed by atoms with Crippen LogP contribution in [-0.2, 0) is 11.1 Å². The maximum Gasteiger partial charge on any atom is 0.119 e. The molecule has 108 valence electrons. The van der Waals surface area contributed by atoms with Gasteiger partial charge in [0.15, 0.2) is 0 Å². The second kappa shape index (κ2) is 8.91. The second-order valence-corrected chi connectivity index (χ2v) is 3.85. The quantitative estimate of drug-likeness (QED) is 0.719. The fourth-order valence-corrected chi connectivity index (χ4v) is 1.08. The fraction of sp³-hybridized carbons (Fsp3) is 0.600. The van der Waals surface area contributed by atoms with E-state index in [1.54, 1.807) is 0 Å². The Morgan fingerprint density at radius 2 is 2.05 bits per heavy atom. The van der Waals surface area contributed by atoms with E-state index in [2.05, 4.69) is 10.1 Å². The molecule has 0 fully saturated rings. The van der Waals surface area contributed by atoms with Crippen molar-refractivity contribution in [3.8, 4) is 5.75 Å². The van der Waals surface area contributed by atoms with Gasteiger partial charge in [0, 0.05) is 26.5 Å². The fourth-order valence-electron chi connectivity index (χ4n) is 1.08. The molecule has 0 bridgehead atoms. The van der Waals surface area contributed by atoms with Crippen LogP contribution in [0.25, 0.3) is 0 Å². The van der Waals surface area contributed by atoms with Crippen LogP contribution in [0, 0.1) is 0 Å². The standard InChI is InChI=1S/C15H25NO3/c1-12(2)16-10-14(17)11-19-15-6-4-13(5-7-15)8-9-18-3/h4-7,12,14,16-17H,8-11H2,1-3H3/i8D2,9D2,10D2,11D2,12D. The van der Waals surface area contributed by atoms with Crippen LogP contribution in [0.5, 0.6) is 5.75 Å². The Morgan fingerprint density at radius 3 is 2.63 bits per heavy atom. The van der Waals surface area contributed by atoms with Crippen molar-refractivity contribution in [1.29, 1.82) is 0 Å². The molecule has 0 amide bonds. The minimum absolute atomic E-state index is 0.0826. The Kier molecular flexibility index (Phi) is 3.31. The Labute approximate surface area is 128 Å². The van der Waals surface area contributed by atoms with Crippen molar-refractivity contribution < 1.29 is 26.9 Å². The lowest BCUT2D eigenvalue weighted by atomic mass is 10.1. The molecule has 2 N–H and O–H groups in total. The SMILES string of the molecule is [2H]C(C)(C)NC([2H])([2H])C(O)C([2H])([2H])Oc1ccc(C([2H])([2H])C([2H])([2H])OC)cc1. The van der Waals surface area contributed by atoms with Gasteiger partial charge in [-0.3, -0.25) is 0 Å². The maximum absolute atomic E-state index is 10.1. The summed E-state index contributed by atoms with van der Waals surface area (Å²) in [5.41, 5.74) is -0.0826. The molecule has 19 heavy (non-hydrogen) atoms. The molecule has 1 unspecified atom stereocenters. The largest absolute Gasteiger partial charge is 0.491 e.